The van der Waals surface area contributed by atoms with Crippen LogP contribution in [0.2, 0.25) is 0 Å². The van der Waals surface area contributed by atoms with Crippen LogP contribution in [-0.4, -0.2) is 24.1 Å². The summed E-state index contributed by atoms with van der Waals surface area (Å²) in [6, 6.07) is 47.3. The summed E-state index contributed by atoms with van der Waals surface area (Å²) in [6.07, 6.45) is 0. The maximum Gasteiger partial charge on any atom is 0.164 e. The van der Waals surface area contributed by atoms with Crippen molar-refractivity contribution in [2.45, 2.75) is 0 Å². The Balaban J connectivity index is 1.22. The maximum absolute atomic E-state index is 9.65. The minimum Gasteiger partial charge on any atom is -0.456 e. The molecule has 4 heterocycles. The average Bonchev–Trinajstić information content (AvgIpc) is 3.97. The SMILES string of the molecule is [2H]c1cc([2H])c2c(c1)c1c([2H])c([2H])c3c4cc([2H])cc([2H])c4n(-c4cccc5oc6ccc(-c7nc(-c8ccccc8)nc(-c8ccccc8)n7)cc6c45)c3c1n2-c1ccccc1. The van der Waals surface area contributed by atoms with Gasteiger partial charge in [0, 0.05) is 49.3 Å². The number of furan rings is 1. The van der Waals surface area contributed by atoms with Crippen molar-refractivity contribution in [3.8, 4) is 45.5 Å². The van der Waals surface area contributed by atoms with Crippen LogP contribution in [0.15, 0.2) is 192 Å². The molecule has 0 aliphatic rings. The van der Waals surface area contributed by atoms with Crippen molar-refractivity contribution in [1.29, 1.82) is 0 Å². The molecule has 12 rings (SSSR count). The van der Waals surface area contributed by atoms with Gasteiger partial charge in [-0.15, -0.1) is 0 Å². The number of para-hydroxylation sites is 3. The predicted molar refractivity (Wildman–Crippen MR) is 232 cm³/mol. The van der Waals surface area contributed by atoms with E-state index in [9.17, 15) is 5.48 Å². The molecule has 8 aromatic carbocycles. The number of benzene rings is 8. The molecule has 0 spiro atoms. The van der Waals surface area contributed by atoms with Gasteiger partial charge in [-0.25, -0.2) is 15.0 Å². The normalized spacial score (nSPS) is 13.3. The van der Waals surface area contributed by atoms with Gasteiger partial charge >= 0.3 is 0 Å². The van der Waals surface area contributed by atoms with Crippen molar-refractivity contribution in [3.63, 3.8) is 0 Å². The smallest absolute Gasteiger partial charge is 0.164 e. The molecule has 0 unspecified atom stereocenters. The van der Waals surface area contributed by atoms with Crippen LogP contribution in [0.4, 0.5) is 0 Å². The van der Waals surface area contributed by atoms with Gasteiger partial charge in [-0.1, -0.05) is 133 Å². The summed E-state index contributed by atoms with van der Waals surface area (Å²) in [4.78, 5) is 14.9. The van der Waals surface area contributed by atoms with Crippen LogP contribution < -0.4 is 0 Å². The van der Waals surface area contributed by atoms with Crippen LogP contribution in [0.1, 0.15) is 8.22 Å². The Bertz CT molecular complexity index is 3810. The van der Waals surface area contributed by atoms with Gasteiger partial charge in [0.1, 0.15) is 11.2 Å². The van der Waals surface area contributed by atoms with E-state index in [1.165, 1.54) is 12.1 Å². The fourth-order valence-corrected chi connectivity index (χ4v) is 8.19. The highest BCUT2D eigenvalue weighted by Crippen LogP contribution is 2.44. The number of hydrogen-bond donors (Lipinski definition) is 0. The number of rotatable bonds is 5. The molecule has 266 valence electrons. The predicted octanol–water partition coefficient (Wildman–Crippen LogP) is 13.0. The fraction of sp³-hybridized carbons (Fsp3) is 0. The lowest BCUT2D eigenvalue weighted by Gasteiger charge is -2.13. The Morgan fingerprint density at radius 3 is 1.61 bits per heavy atom. The van der Waals surface area contributed by atoms with Crippen molar-refractivity contribution >= 4 is 65.6 Å². The van der Waals surface area contributed by atoms with Gasteiger partial charge < -0.3 is 13.6 Å². The maximum atomic E-state index is 9.65. The lowest BCUT2D eigenvalue weighted by molar-refractivity contribution is 0.669. The first-order valence-corrected chi connectivity index (χ1v) is 18.6. The van der Waals surface area contributed by atoms with Crippen molar-refractivity contribution in [3.05, 3.63) is 188 Å². The summed E-state index contributed by atoms with van der Waals surface area (Å²) in [5.41, 5.74) is 7.03. The second kappa shape index (κ2) is 12.3. The second-order valence-electron chi connectivity index (χ2n) is 13.9. The first-order chi connectivity index (χ1) is 30.7. The largest absolute Gasteiger partial charge is 0.456 e. The van der Waals surface area contributed by atoms with Crippen molar-refractivity contribution < 1.29 is 12.6 Å². The van der Waals surface area contributed by atoms with Crippen LogP contribution in [0.3, 0.4) is 0 Å². The quantitative estimate of drug-likeness (QED) is 0.177. The van der Waals surface area contributed by atoms with Gasteiger partial charge in [-0.2, -0.15) is 0 Å². The Morgan fingerprint density at radius 1 is 0.421 bits per heavy atom. The number of fused-ring (bicyclic) bond motifs is 10. The highest BCUT2D eigenvalue weighted by molar-refractivity contribution is 6.24. The van der Waals surface area contributed by atoms with E-state index in [4.69, 9.17) is 22.1 Å². The third-order valence-electron chi connectivity index (χ3n) is 10.7. The monoisotopic (exact) mass is 735 g/mol. The van der Waals surface area contributed by atoms with E-state index in [1.807, 2.05) is 137 Å². The summed E-state index contributed by atoms with van der Waals surface area (Å²) in [7, 11) is 0. The summed E-state index contributed by atoms with van der Waals surface area (Å²) < 4.78 is 65.7. The van der Waals surface area contributed by atoms with Gasteiger partial charge in [0.05, 0.1) is 41.4 Å². The van der Waals surface area contributed by atoms with Crippen LogP contribution in [0.5, 0.6) is 0 Å². The third-order valence-corrected chi connectivity index (χ3v) is 10.7. The molecule has 0 N–H and O–H groups in total. The molecule has 6 heteroatoms. The molecule has 0 bridgehead atoms. The second-order valence-corrected chi connectivity index (χ2v) is 13.9. The molecule has 0 radical (unpaired) electrons. The Morgan fingerprint density at radius 2 is 0.982 bits per heavy atom. The topological polar surface area (TPSA) is 61.7 Å². The summed E-state index contributed by atoms with van der Waals surface area (Å²) in [5, 5.41) is 3.30. The molecule has 0 aliphatic carbocycles. The van der Waals surface area contributed by atoms with E-state index in [1.54, 1.807) is 12.1 Å². The Kier molecular flexibility index (Phi) is 5.64. The van der Waals surface area contributed by atoms with E-state index < -0.39 is 0 Å². The molecule has 0 atom stereocenters. The first kappa shape index (κ1) is 26.1. The molecule has 0 aliphatic heterocycles. The molecule has 4 aromatic heterocycles. The molecule has 57 heavy (non-hydrogen) atoms. The van der Waals surface area contributed by atoms with Gasteiger partial charge in [0.2, 0.25) is 0 Å². The molecule has 0 saturated carbocycles. The average molecular weight is 736 g/mol. The first-order valence-electron chi connectivity index (χ1n) is 21.6. The van der Waals surface area contributed by atoms with Gasteiger partial charge in [0.25, 0.3) is 0 Å². The van der Waals surface area contributed by atoms with E-state index in [-0.39, 0.29) is 36.3 Å². The zero-order valence-electron chi connectivity index (χ0n) is 36.1. The van der Waals surface area contributed by atoms with E-state index in [0.29, 0.717) is 77.9 Å². The molecular weight excluding hydrogens is 699 g/mol. The van der Waals surface area contributed by atoms with Gasteiger partial charge in [0.15, 0.2) is 17.5 Å². The molecule has 0 fully saturated rings. The van der Waals surface area contributed by atoms with Gasteiger partial charge in [-0.05, 0) is 54.5 Å². The highest BCUT2D eigenvalue weighted by Gasteiger charge is 2.23. The number of nitrogens with zero attached hydrogens (tertiary/aromatic N) is 5. The molecule has 0 saturated heterocycles. The van der Waals surface area contributed by atoms with Crippen LogP contribution in [0.25, 0.3) is 111 Å². The van der Waals surface area contributed by atoms with Gasteiger partial charge in [-0.3, -0.25) is 0 Å². The zero-order chi connectivity index (χ0) is 42.7. The zero-order valence-corrected chi connectivity index (χ0v) is 30.1. The van der Waals surface area contributed by atoms with Crippen molar-refractivity contribution in [1.82, 2.24) is 24.1 Å². The van der Waals surface area contributed by atoms with Crippen molar-refractivity contribution in [2.24, 2.45) is 0 Å². The van der Waals surface area contributed by atoms with Crippen LogP contribution in [-0.2, 0) is 0 Å². The minimum atomic E-state index is -0.0786. The fourth-order valence-electron chi connectivity index (χ4n) is 8.19. The summed E-state index contributed by atoms with van der Waals surface area (Å²) in [6.45, 7) is 0. The summed E-state index contributed by atoms with van der Waals surface area (Å²) >= 11 is 0. The summed E-state index contributed by atoms with van der Waals surface area (Å²) in [5.74, 6) is 1.54. The van der Waals surface area contributed by atoms with Crippen molar-refractivity contribution in [2.75, 3.05) is 0 Å². The standard InChI is InChI=1S/C51H31N5O/c1-4-15-32(16-5-1)49-52-50(33-17-6-2-7-18-33)54-51(53-49)34-27-30-44-40(31-34)46-43(25-14-26-45(46)57-44)56-42-24-13-11-22-37(42)39-29-28-38-36-21-10-12-23-41(36)55(47(38)48(39)56)35-19-8-3-9-20-35/h1-31H/i10D,11D,23D,24D,28D,29D. The minimum absolute atomic E-state index is 0.0677. The van der Waals surface area contributed by atoms with E-state index >= 15 is 0 Å². The highest BCUT2D eigenvalue weighted by atomic mass is 16.3. The molecule has 6 nitrogen and oxygen atoms in total. The van der Waals surface area contributed by atoms with E-state index in [2.05, 4.69) is 0 Å². The number of hydrogen-bond acceptors (Lipinski definition) is 4. The molecule has 12 aromatic rings. The molecular formula is C51H31N5O. The Hall–Kier alpha value is -7.83. The third kappa shape index (κ3) is 4.81. The lowest BCUT2D eigenvalue weighted by atomic mass is 10.1. The van der Waals surface area contributed by atoms with E-state index in [0.717, 1.165) is 33.2 Å². The lowest BCUT2D eigenvalue weighted by Crippen LogP contribution is -2.00. The Labute approximate surface area is 335 Å². The number of aromatic nitrogens is 5. The van der Waals surface area contributed by atoms with Crippen LogP contribution in [0, 0.1) is 0 Å². The molecule has 0 amide bonds. The van der Waals surface area contributed by atoms with Crippen LogP contribution >= 0.6 is 0 Å².